The molecule has 1 N–H and O–H groups in total. The van der Waals surface area contributed by atoms with Gasteiger partial charge in [-0.15, -0.1) is 24.0 Å². The van der Waals surface area contributed by atoms with Crippen LogP contribution in [0, 0.1) is 0 Å². The smallest absolute Gasteiger partial charge is 0.193 e. The highest BCUT2D eigenvalue weighted by Gasteiger charge is 2.32. The number of nitrogens with zero attached hydrogens (tertiary/aromatic N) is 2. The van der Waals surface area contributed by atoms with E-state index >= 15 is 0 Å². The number of aliphatic imine (C=N–C) groups is 1. The molecule has 0 aromatic heterocycles. The van der Waals surface area contributed by atoms with Crippen LogP contribution in [-0.4, -0.2) is 50.3 Å². The molecule has 0 aromatic rings. The monoisotopic (exact) mass is 353 g/mol. The summed E-state index contributed by atoms with van der Waals surface area (Å²) >= 11 is 0. The van der Waals surface area contributed by atoms with Gasteiger partial charge in [-0.25, -0.2) is 0 Å². The summed E-state index contributed by atoms with van der Waals surface area (Å²) < 4.78 is 5.74. The van der Waals surface area contributed by atoms with Crippen LogP contribution in [0.25, 0.3) is 0 Å². The minimum atomic E-state index is 0. The van der Waals surface area contributed by atoms with Gasteiger partial charge in [0.05, 0.1) is 12.1 Å². The highest BCUT2D eigenvalue weighted by atomic mass is 127. The SMILES string of the molecule is COC1(CNC2=NCCN2C)CCCCC1.I. The second kappa shape index (κ2) is 6.78. The molecule has 0 spiro atoms. The van der Waals surface area contributed by atoms with Crippen molar-refractivity contribution in [2.45, 2.75) is 37.7 Å². The number of halogens is 1. The first-order valence-electron chi connectivity index (χ1n) is 6.30. The first kappa shape index (κ1) is 15.0. The molecule has 1 fully saturated rings. The fourth-order valence-electron chi connectivity index (χ4n) is 2.61. The molecule has 100 valence electrons. The second-order valence-corrected chi connectivity index (χ2v) is 4.93. The molecule has 1 aliphatic heterocycles. The zero-order chi connectivity index (χ0) is 11.4. The highest BCUT2D eigenvalue weighted by Crippen LogP contribution is 2.30. The van der Waals surface area contributed by atoms with E-state index in [9.17, 15) is 0 Å². The molecule has 1 saturated carbocycles. The topological polar surface area (TPSA) is 36.9 Å². The first-order valence-corrected chi connectivity index (χ1v) is 6.30. The van der Waals surface area contributed by atoms with E-state index in [0.717, 1.165) is 25.6 Å². The van der Waals surface area contributed by atoms with Gasteiger partial charge in [0, 0.05) is 27.2 Å². The first-order chi connectivity index (χ1) is 7.76. The Morgan fingerprint density at radius 1 is 1.35 bits per heavy atom. The zero-order valence-corrected chi connectivity index (χ0v) is 13.2. The van der Waals surface area contributed by atoms with Gasteiger partial charge in [0.1, 0.15) is 0 Å². The average molecular weight is 353 g/mol. The van der Waals surface area contributed by atoms with Crippen molar-refractivity contribution in [3.05, 3.63) is 0 Å². The Hall–Kier alpha value is -0.0400. The number of nitrogens with one attached hydrogen (secondary N) is 1. The van der Waals surface area contributed by atoms with Crippen molar-refractivity contribution in [3.8, 4) is 0 Å². The largest absolute Gasteiger partial charge is 0.376 e. The van der Waals surface area contributed by atoms with E-state index in [0.29, 0.717) is 0 Å². The van der Waals surface area contributed by atoms with Crippen LogP contribution in [0.3, 0.4) is 0 Å². The molecule has 0 aromatic carbocycles. The Bertz CT molecular complexity index is 264. The standard InChI is InChI=1S/C12H23N3O.HI/c1-15-9-8-13-11(15)14-10-12(16-2)6-4-3-5-7-12;/h3-10H2,1-2H3,(H,13,14);1H. The minimum absolute atomic E-state index is 0. The van der Waals surface area contributed by atoms with E-state index in [1.165, 1.54) is 32.1 Å². The van der Waals surface area contributed by atoms with Crippen molar-refractivity contribution >= 4 is 29.9 Å². The van der Waals surface area contributed by atoms with Gasteiger partial charge < -0.3 is 15.0 Å². The third-order valence-electron chi connectivity index (χ3n) is 3.83. The van der Waals surface area contributed by atoms with Gasteiger partial charge in [0.2, 0.25) is 0 Å². The van der Waals surface area contributed by atoms with Crippen molar-refractivity contribution in [3.63, 3.8) is 0 Å². The van der Waals surface area contributed by atoms with Crippen molar-refractivity contribution < 1.29 is 4.74 Å². The van der Waals surface area contributed by atoms with Crippen LogP contribution in [0.4, 0.5) is 0 Å². The molecule has 2 rings (SSSR count). The van der Waals surface area contributed by atoms with Gasteiger partial charge in [-0.1, -0.05) is 19.3 Å². The molecule has 0 atom stereocenters. The van der Waals surface area contributed by atoms with Crippen LogP contribution in [0.5, 0.6) is 0 Å². The maximum Gasteiger partial charge on any atom is 0.193 e. The summed E-state index contributed by atoms with van der Waals surface area (Å²) in [7, 11) is 3.92. The quantitative estimate of drug-likeness (QED) is 0.787. The van der Waals surface area contributed by atoms with E-state index < -0.39 is 0 Å². The zero-order valence-electron chi connectivity index (χ0n) is 10.9. The molecular formula is C12H24IN3O. The summed E-state index contributed by atoms with van der Waals surface area (Å²) in [5, 5.41) is 3.44. The minimum Gasteiger partial charge on any atom is -0.376 e. The molecule has 0 unspecified atom stereocenters. The lowest BCUT2D eigenvalue weighted by Gasteiger charge is -2.36. The molecular weight excluding hydrogens is 329 g/mol. The molecule has 17 heavy (non-hydrogen) atoms. The molecule has 5 heteroatoms. The van der Waals surface area contributed by atoms with Gasteiger partial charge in [-0.05, 0) is 12.8 Å². The Morgan fingerprint density at radius 3 is 2.59 bits per heavy atom. The van der Waals surface area contributed by atoms with Gasteiger partial charge in [-0.3, -0.25) is 4.99 Å². The van der Waals surface area contributed by atoms with Gasteiger partial charge >= 0.3 is 0 Å². The van der Waals surface area contributed by atoms with Gasteiger partial charge in [0.25, 0.3) is 0 Å². The fourth-order valence-corrected chi connectivity index (χ4v) is 2.61. The summed E-state index contributed by atoms with van der Waals surface area (Å²) in [6, 6.07) is 0. The predicted molar refractivity (Wildman–Crippen MR) is 81.2 cm³/mol. The third-order valence-corrected chi connectivity index (χ3v) is 3.83. The second-order valence-electron chi connectivity index (χ2n) is 4.93. The number of likely N-dealkylation sites (N-methyl/N-ethyl adjacent to an activating group) is 1. The summed E-state index contributed by atoms with van der Waals surface area (Å²) in [5.41, 5.74) is 0.0458. The Labute approximate surface area is 121 Å². The summed E-state index contributed by atoms with van der Waals surface area (Å²) in [4.78, 5) is 6.62. The van der Waals surface area contributed by atoms with Gasteiger partial charge in [0.15, 0.2) is 5.96 Å². The van der Waals surface area contributed by atoms with Crippen molar-refractivity contribution in [2.75, 3.05) is 33.8 Å². The molecule has 0 radical (unpaired) electrons. The van der Waals surface area contributed by atoms with Gasteiger partial charge in [-0.2, -0.15) is 0 Å². The van der Waals surface area contributed by atoms with Crippen molar-refractivity contribution in [1.29, 1.82) is 0 Å². The van der Waals surface area contributed by atoms with Crippen molar-refractivity contribution in [1.82, 2.24) is 10.2 Å². The van der Waals surface area contributed by atoms with Crippen molar-refractivity contribution in [2.24, 2.45) is 4.99 Å². The Morgan fingerprint density at radius 2 is 2.06 bits per heavy atom. The third kappa shape index (κ3) is 3.71. The van der Waals surface area contributed by atoms with E-state index in [1.807, 2.05) is 7.11 Å². The van der Waals surface area contributed by atoms with Crippen LogP contribution in [0.2, 0.25) is 0 Å². The number of ether oxygens (including phenoxy) is 1. The molecule has 0 bridgehead atoms. The Kier molecular flexibility index (Phi) is 5.99. The number of hydrogen-bond donors (Lipinski definition) is 1. The molecule has 0 amide bonds. The van der Waals surface area contributed by atoms with Crippen LogP contribution in [0.15, 0.2) is 4.99 Å². The van der Waals surface area contributed by atoms with Crippen LogP contribution < -0.4 is 5.32 Å². The molecule has 4 nitrogen and oxygen atoms in total. The maximum atomic E-state index is 5.74. The van der Waals surface area contributed by atoms with E-state index in [-0.39, 0.29) is 29.6 Å². The lowest BCUT2D eigenvalue weighted by molar-refractivity contribution is -0.0348. The molecule has 1 heterocycles. The number of rotatable bonds is 3. The van der Waals surface area contributed by atoms with E-state index in [1.54, 1.807) is 0 Å². The molecule has 2 aliphatic rings. The van der Waals surface area contributed by atoms with Crippen LogP contribution in [-0.2, 0) is 4.74 Å². The summed E-state index contributed by atoms with van der Waals surface area (Å²) in [5.74, 6) is 1.03. The summed E-state index contributed by atoms with van der Waals surface area (Å²) in [6.45, 7) is 2.84. The van der Waals surface area contributed by atoms with Crippen LogP contribution in [0.1, 0.15) is 32.1 Å². The molecule has 1 aliphatic carbocycles. The lowest BCUT2D eigenvalue weighted by atomic mass is 9.84. The van der Waals surface area contributed by atoms with E-state index in [4.69, 9.17) is 4.74 Å². The number of methoxy groups -OCH3 is 1. The number of hydrogen-bond acceptors (Lipinski definition) is 4. The maximum absolute atomic E-state index is 5.74. The lowest BCUT2D eigenvalue weighted by Crippen LogP contribution is -2.48. The number of guanidine groups is 1. The van der Waals surface area contributed by atoms with Crippen LogP contribution >= 0.6 is 24.0 Å². The molecule has 0 saturated heterocycles. The Balaban J connectivity index is 0.00000144. The van der Waals surface area contributed by atoms with E-state index in [2.05, 4.69) is 22.3 Å². The normalized spacial score (nSPS) is 22.9. The predicted octanol–water partition coefficient (Wildman–Crippen LogP) is 1.84. The fraction of sp³-hybridized carbons (Fsp3) is 0.917. The highest BCUT2D eigenvalue weighted by molar-refractivity contribution is 14.0. The summed E-state index contributed by atoms with van der Waals surface area (Å²) in [6.07, 6.45) is 6.28. The average Bonchev–Trinajstić information content (AvgIpc) is 2.74.